The van der Waals surface area contributed by atoms with Crippen LogP contribution in [-0.2, 0) is 14.4 Å². The molecule has 9 nitrogen and oxygen atoms in total. The van der Waals surface area contributed by atoms with Gasteiger partial charge in [0.15, 0.2) is 0 Å². The largest absolute Gasteiger partial charge is 0.478 e. The topological polar surface area (TPSA) is 173 Å². The van der Waals surface area contributed by atoms with E-state index in [0.29, 0.717) is 18.2 Å². The van der Waals surface area contributed by atoms with Crippen molar-refractivity contribution in [2.75, 3.05) is 19.8 Å². The third-order valence-electron chi connectivity index (χ3n) is 4.43. The van der Waals surface area contributed by atoms with Crippen molar-refractivity contribution < 1.29 is 45.0 Å². The molecule has 0 aromatic heterocycles. The first-order valence-electron chi connectivity index (χ1n) is 7.73. The van der Waals surface area contributed by atoms with E-state index in [1.54, 1.807) is 6.92 Å². The lowest BCUT2D eigenvalue weighted by molar-refractivity contribution is -0.132. The van der Waals surface area contributed by atoms with Gasteiger partial charge in [-0.15, -0.1) is 0 Å². The predicted octanol–water partition coefficient (Wildman–Crippen LogP) is -0.115. The van der Waals surface area contributed by atoms with Crippen LogP contribution in [0, 0.1) is 16.7 Å². The van der Waals surface area contributed by atoms with Crippen molar-refractivity contribution in [1.29, 1.82) is 0 Å². The molecule has 0 radical (unpaired) electrons. The van der Waals surface area contributed by atoms with Crippen LogP contribution in [-0.4, -0.2) is 68.4 Å². The Morgan fingerprint density at radius 2 is 1.15 bits per heavy atom. The number of aliphatic carboxylic acids is 3. The molecule has 0 aliphatic carbocycles. The number of aliphatic hydroxyl groups excluding tert-OH is 3. The number of aliphatic hydroxyl groups is 3. The van der Waals surface area contributed by atoms with Gasteiger partial charge in [0.2, 0.25) is 0 Å². The van der Waals surface area contributed by atoms with E-state index in [1.165, 1.54) is 0 Å². The molecule has 0 saturated carbocycles. The lowest BCUT2D eigenvalue weighted by Crippen LogP contribution is -2.51. The maximum absolute atomic E-state index is 11.0. The van der Waals surface area contributed by atoms with Crippen LogP contribution in [0.25, 0.3) is 0 Å². The van der Waals surface area contributed by atoms with Crippen molar-refractivity contribution in [2.24, 2.45) is 16.7 Å². The van der Waals surface area contributed by atoms with Gasteiger partial charge in [0.05, 0.1) is 13.2 Å². The van der Waals surface area contributed by atoms with Crippen LogP contribution in [0.3, 0.4) is 0 Å². The third-order valence-corrected chi connectivity index (χ3v) is 4.43. The molecule has 1 atom stereocenters. The first-order valence-corrected chi connectivity index (χ1v) is 7.73. The van der Waals surface area contributed by atoms with E-state index < -0.39 is 54.5 Å². The van der Waals surface area contributed by atoms with Gasteiger partial charge in [-0.05, 0) is 5.92 Å². The summed E-state index contributed by atoms with van der Waals surface area (Å²) in [6.45, 7) is -0.419. The average Bonchev–Trinajstić information content (AvgIpc) is 2.59. The highest BCUT2D eigenvalue weighted by molar-refractivity contribution is 5.82. The Kier molecular flexibility index (Phi) is 9.49. The molecule has 26 heavy (non-hydrogen) atoms. The fourth-order valence-corrected chi connectivity index (χ4v) is 2.92. The Morgan fingerprint density at radius 3 is 1.35 bits per heavy atom. The third kappa shape index (κ3) is 5.51. The van der Waals surface area contributed by atoms with Crippen molar-refractivity contribution >= 4 is 17.9 Å². The first-order chi connectivity index (χ1) is 12.1. The van der Waals surface area contributed by atoms with Gasteiger partial charge in [0.1, 0.15) is 0 Å². The zero-order valence-corrected chi connectivity index (χ0v) is 14.3. The molecule has 0 aliphatic heterocycles. The highest BCUT2D eigenvalue weighted by Crippen LogP contribution is 2.49. The zero-order chi connectivity index (χ0) is 20.4. The highest BCUT2D eigenvalue weighted by atomic mass is 16.4. The molecule has 0 fully saturated rings. The van der Waals surface area contributed by atoms with Crippen molar-refractivity contribution in [2.45, 2.75) is 13.3 Å². The minimum atomic E-state index is -1.81. The summed E-state index contributed by atoms with van der Waals surface area (Å²) in [5, 5.41) is 56.6. The number of hydrogen-bond acceptors (Lipinski definition) is 6. The van der Waals surface area contributed by atoms with E-state index in [4.69, 9.17) is 15.3 Å². The molecule has 6 N–H and O–H groups in total. The normalized spacial score (nSPS) is 16.2. The fourth-order valence-electron chi connectivity index (χ4n) is 2.92. The number of allylic oxidation sites excluding steroid dienone is 3. The standard InChI is InChI=1S/C17H24O9/c1-2-12(9-18)17(10-19,11-20)16(6-3-13(21)22,7-4-14(23)24)8-5-15(25)26/h3-8,12,18-20H,2,9-11H2,1H3,(H,21,22)(H,23,24)(H,25,26). The van der Waals surface area contributed by atoms with Gasteiger partial charge >= 0.3 is 17.9 Å². The molecule has 0 amide bonds. The summed E-state index contributed by atoms with van der Waals surface area (Å²) in [5.74, 6) is -5.00. The van der Waals surface area contributed by atoms with Crippen LogP contribution in [0.2, 0.25) is 0 Å². The van der Waals surface area contributed by atoms with E-state index in [9.17, 15) is 29.7 Å². The van der Waals surface area contributed by atoms with E-state index in [-0.39, 0.29) is 6.42 Å². The molecular weight excluding hydrogens is 348 g/mol. The number of carbonyl (C=O) groups is 3. The predicted molar refractivity (Wildman–Crippen MR) is 90.2 cm³/mol. The monoisotopic (exact) mass is 372 g/mol. The quantitative estimate of drug-likeness (QED) is 0.255. The van der Waals surface area contributed by atoms with Crippen LogP contribution in [0.1, 0.15) is 13.3 Å². The molecule has 1 unspecified atom stereocenters. The van der Waals surface area contributed by atoms with Gasteiger partial charge in [0, 0.05) is 35.7 Å². The van der Waals surface area contributed by atoms with Crippen molar-refractivity contribution in [3.8, 4) is 0 Å². The minimum Gasteiger partial charge on any atom is -0.478 e. The summed E-state index contributed by atoms with van der Waals surface area (Å²) >= 11 is 0. The molecule has 0 bridgehead atoms. The van der Waals surface area contributed by atoms with Crippen LogP contribution >= 0.6 is 0 Å². The molecule has 0 spiro atoms. The first kappa shape index (κ1) is 23.5. The maximum atomic E-state index is 11.0. The average molecular weight is 372 g/mol. The summed E-state index contributed by atoms with van der Waals surface area (Å²) < 4.78 is 0. The summed E-state index contributed by atoms with van der Waals surface area (Å²) in [7, 11) is 0. The second-order valence-corrected chi connectivity index (χ2v) is 5.71. The molecule has 0 aromatic carbocycles. The van der Waals surface area contributed by atoms with Crippen LogP contribution in [0.5, 0.6) is 0 Å². The van der Waals surface area contributed by atoms with Crippen LogP contribution < -0.4 is 0 Å². The van der Waals surface area contributed by atoms with Crippen LogP contribution in [0.15, 0.2) is 36.5 Å². The van der Waals surface area contributed by atoms with E-state index >= 15 is 0 Å². The van der Waals surface area contributed by atoms with Crippen molar-refractivity contribution in [3.05, 3.63) is 36.5 Å². The summed E-state index contributed by atoms with van der Waals surface area (Å²) in [5.41, 5.74) is -3.48. The number of rotatable bonds is 12. The SMILES string of the molecule is CCC(CO)C(CO)(CO)C(C=CC(=O)O)(C=CC(=O)O)C=CC(=O)O. The van der Waals surface area contributed by atoms with Gasteiger partial charge in [-0.25, -0.2) is 14.4 Å². The second kappa shape index (κ2) is 10.5. The Balaban J connectivity index is 6.91. The summed E-state index contributed by atoms with van der Waals surface area (Å²) in [6, 6.07) is 0. The van der Waals surface area contributed by atoms with Gasteiger partial charge < -0.3 is 30.6 Å². The Bertz CT molecular complexity index is 521. The maximum Gasteiger partial charge on any atom is 0.328 e. The molecule has 0 saturated heterocycles. The lowest BCUT2D eigenvalue weighted by atomic mass is 9.56. The number of carboxylic acids is 3. The summed E-state index contributed by atoms with van der Waals surface area (Å²) in [6.07, 6.45) is 5.16. The molecule has 146 valence electrons. The molecule has 0 rings (SSSR count). The van der Waals surface area contributed by atoms with Gasteiger partial charge in [-0.2, -0.15) is 0 Å². The second-order valence-electron chi connectivity index (χ2n) is 5.71. The Hall–Kier alpha value is -2.49. The Labute approximate surface area is 150 Å². The number of carboxylic acid groups (broad SMARTS) is 3. The zero-order valence-electron chi connectivity index (χ0n) is 14.3. The minimum absolute atomic E-state index is 0.238. The van der Waals surface area contributed by atoms with Crippen molar-refractivity contribution in [3.63, 3.8) is 0 Å². The molecule has 0 heterocycles. The smallest absolute Gasteiger partial charge is 0.328 e. The van der Waals surface area contributed by atoms with Gasteiger partial charge in [0.25, 0.3) is 0 Å². The van der Waals surface area contributed by atoms with Crippen molar-refractivity contribution in [1.82, 2.24) is 0 Å². The van der Waals surface area contributed by atoms with E-state index in [1.807, 2.05) is 0 Å². The molecule has 9 heteroatoms. The fraction of sp³-hybridized carbons (Fsp3) is 0.471. The highest BCUT2D eigenvalue weighted by Gasteiger charge is 2.51. The Morgan fingerprint density at radius 1 is 0.808 bits per heavy atom. The molecule has 0 aromatic rings. The van der Waals surface area contributed by atoms with Gasteiger partial charge in [-0.3, -0.25) is 0 Å². The van der Waals surface area contributed by atoms with Gasteiger partial charge in [-0.1, -0.05) is 31.6 Å². The van der Waals surface area contributed by atoms with E-state index in [0.717, 1.165) is 18.2 Å². The lowest BCUT2D eigenvalue weighted by Gasteiger charge is -2.48. The molecule has 0 aliphatic rings. The molecular formula is C17H24O9. The van der Waals surface area contributed by atoms with Crippen LogP contribution in [0.4, 0.5) is 0 Å². The summed E-state index contributed by atoms with van der Waals surface area (Å²) in [4.78, 5) is 33.0. The number of hydrogen-bond donors (Lipinski definition) is 6. The van der Waals surface area contributed by atoms with E-state index in [2.05, 4.69) is 0 Å².